The predicted molar refractivity (Wildman–Crippen MR) is 138 cm³/mol. The van der Waals surface area contributed by atoms with E-state index in [1.807, 2.05) is 35.4 Å². The number of benzene rings is 2. The minimum Gasteiger partial charge on any atom is -0.497 e. The molecule has 1 fully saturated rings. The number of methoxy groups -OCH3 is 1. The van der Waals surface area contributed by atoms with E-state index >= 15 is 0 Å². The van der Waals surface area contributed by atoms with Crippen LogP contribution in [0.25, 0.3) is 22.3 Å². The van der Waals surface area contributed by atoms with Crippen molar-refractivity contribution >= 4 is 22.6 Å². The molecule has 2 aromatic carbocycles. The first kappa shape index (κ1) is 22.5. The number of hydrogen-bond donors (Lipinski definition) is 1. The number of aromatic nitrogens is 3. The van der Waals surface area contributed by atoms with Crippen molar-refractivity contribution in [2.24, 2.45) is 0 Å². The lowest BCUT2D eigenvalue weighted by molar-refractivity contribution is 0.0731. The fourth-order valence-electron chi connectivity index (χ4n) is 5.19. The average Bonchev–Trinajstić information content (AvgIpc) is 3.41. The molecular formula is C28H29N5O3. The van der Waals surface area contributed by atoms with Gasteiger partial charge in [-0.1, -0.05) is 18.2 Å². The Morgan fingerprint density at radius 2 is 2.03 bits per heavy atom. The van der Waals surface area contributed by atoms with E-state index in [4.69, 9.17) is 19.4 Å². The maximum atomic E-state index is 13.4. The van der Waals surface area contributed by atoms with E-state index in [-0.39, 0.29) is 11.9 Å². The molecule has 0 unspecified atom stereocenters. The van der Waals surface area contributed by atoms with Crippen molar-refractivity contribution in [3.63, 3.8) is 0 Å². The Labute approximate surface area is 209 Å². The first-order valence-electron chi connectivity index (χ1n) is 12.4. The number of hydrogen-bond acceptors (Lipinski definition) is 6. The quantitative estimate of drug-likeness (QED) is 0.471. The molecule has 1 N–H and O–H groups in total. The van der Waals surface area contributed by atoms with Crippen LogP contribution in [0.2, 0.25) is 0 Å². The summed E-state index contributed by atoms with van der Waals surface area (Å²) < 4.78 is 11.0. The van der Waals surface area contributed by atoms with Gasteiger partial charge in [-0.25, -0.2) is 9.97 Å². The number of fused-ring (bicyclic) bond motifs is 2. The molecule has 8 nitrogen and oxygen atoms in total. The summed E-state index contributed by atoms with van der Waals surface area (Å²) in [5, 5.41) is 1.10. The molecule has 2 aliphatic rings. The number of rotatable bonds is 4. The van der Waals surface area contributed by atoms with Crippen LogP contribution in [0.15, 0.2) is 54.7 Å². The normalized spacial score (nSPS) is 17.8. The van der Waals surface area contributed by atoms with E-state index in [2.05, 4.69) is 35.0 Å². The van der Waals surface area contributed by atoms with E-state index in [9.17, 15) is 4.79 Å². The van der Waals surface area contributed by atoms with E-state index < -0.39 is 0 Å². The molecule has 36 heavy (non-hydrogen) atoms. The number of carbonyl (C=O) groups is 1. The van der Waals surface area contributed by atoms with Gasteiger partial charge >= 0.3 is 0 Å². The van der Waals surface area contributed by atoms with Crippen molar-refractivity contribution in [3.8, 4) is 17.1 Å². The third kappa shape index (κ3) is 3.97. The molecule has 4 aromatic rings. The summed E-state index contributed by atoms with van der Waals surface area (Å²) in [5.41, 5.74) is 4.72. The first-order chi connectivity index (χ1) is 17.6. The van der Waals surface area contributed by atoms with Gasteiger partial charge in [-0.15, -0.1) is 0 Å². The zero-order chi connectivity index (χ0) is 24.6. The number of nitrogens with one attached hydrogen (secondary N) is 1. The summed E-state index contributed by atoms with van der Waals surface area (Å²) in [5.74, 6) is 2.29. The van der Waals surface area contributed by atoms with Crippen LogP contribution in [0.4, 0.5) is 5.82 Å². The van der Waals surface area contributed by atoms with Crippen LogP contribution < -0.4 is 9.64 Å². The Morgan fingerprint density at radius 1 is 1.14 bits per heavy atom. The number of aromatic amines is 1. The van der Waals surface area contributed by atoms with Gasteiger partial charge < -0.3 is 24.3 Å². The number of anilines is 1. The molecule has 0 bridgehead atoms. The second kappa shape index (κ2) is 9.28. The molecule has 1 amide bonds. The van der Waals surface area contributed by atoms with Gasteiger partial charge in [-0.2, -0.15) is 0 Å². The number of carbonyl (C=O) groups excluding carboxylic acids is 1. The summed E-state index contributed by atoms with van der Waals surface area (Å²) in [6.07, 6.45) is 2.62. The lowest BCUT2D eigenvalue weighted by Gasteiger charge is -2.38. The third-order valence-corrected chi connectivity index (χ3v) is 7.12. The topological polar surface area (TPSA) is 83.6 Å². The molecule has 8 heteroatoms. The molecule has 184 valence electrons. The van der Waals surface area contributed by atoms with Crippen LogP contribution >= 0.6 is 0 Å². The lowest BCUT2D eigenvalue weighted by atomic mass is 10.0. The number of amides is 1. The Hall–Kier alpha value is -3.91. The third-order valence-electron chi connectivity index (χ3n) is 7.12. The summed E-state index contributed by atoms with van der Waals surface area (Å²) in [6.45, 7) is 5.28. The number of nitrogens with zero attached hydrogens (tertiary/aromatic N) is 4. The Kier molecular flexibility index (Phi) is 5.81. The highest BCUT2D eigenvalue weighted by Crippen LogP contribution is 2.34. The van der Waals surface area contributed by atoms with Gasteiger partial charge in [-0.05, 0) is 37.3 Å². The first-order valence-corrected chi connectivity index (χ1v) is 12.4. The fourth-order valence-corrected chi connectivity index (χ4v) is 5.19. The molecular weight excluding hydrogens is 454 g/mol. The van der Waals surface area contributed by atoms with Crippen LogP contribution in [0, 0.1) is 0 Å². The van der Waals surface area contributed by atoms with E-state index in [0.717, 1.165) is 45.9 Å². The molecule has 0 aliphatic carbocycles. The molecule has 2 aliphatic heterocycles. The van der Waals surface area contributed by atoms with Gasteiger partial charge in [0.25, 0.3) is 5.91 Å². The van der Waals surface area contributed by atoms with Crippen molar-refractivity contribution in [1.29, 1.82) is 0 Å². The second-order valence-corrected chi connectivity index (χ2v) is 9.37. The minimum absolute atomic E-state index is 0.0123. The van der Waals surface area contributed by atoms with Gasteiger partial charge in [0.2, 0.25) is 0 Å². The summed E-state index contributed by atoms with van der Waals surface area (Å²) in [4.78, 5) is 31.1. The van der Waals surface area contributed by atoms with Crippen LogP contribution in [0.5, 0.6) is 5.75 Å². The smallest absolute Gasteiger partial charge is 0.254 e. The van der Waals surface area contributed by atoms with Crippen LogP contribution in [0.3, 0.4) is 0 Å². The van der Waals surface area contributed by atoms with E-state index in [1.165, 1.54) is 0 Å². The van der Waals surface area contributed by atoms with Gasteiger partial charge in [0.15, 0.2) is 5.82 Å². The van der Waals surface area contributed by atoms with Gasteiger partial charge in [0, 0.05) is 53.3 Å². The Balaban J connectivity index is 1.42. The zero-order valence-electron chi connectivity index (χ0n) is 20.5. The SMILES string of the molecule is COc1cccc(C(=O)N2CCc3nc(-c4cccc5[nH]ccc45)nc(N4CCOC[C@H]4C)c3C2)c1. The van der Waals surface area contributed by atoms with Crippen molar-refractivity contribution in [2.75, 3.05) is 38.3 Å². The molecule has 2 aromatic heterocycles. The molecule has 1 atom stereocenters. The number of morpholine rings is 1. The maximum absolute atomic E-state index is 13.4. The van der Waals surface area contributed by atoms with Crippen LogP contribution in [-0.4, -0.2) is 65.2 Å². The second-order valence-electron chi connectivity index (χ2n) is 9.37. The average molecular weight is 484 g/mol. The number of ether oxygens (including phenoxy) is 2. The lowest BCUT2D eigenvalue weighted by Crippen LogP contribution is -2.46. The standard InChI is InChI=1S/C28H29N5O3/c1-18-17-36-14-13-33(18)27-23-16-32(28(34)19-5-3-6-20(15-19)35-2)12-10-25(23)30-26(31-27)22-7-4-8-24-21(22)9-11-29-24/h3-9,11,15,18,29H,10,12-14,16-17H2,1-2H3/t18-/m1/s1. The summed E-state index contributed by atoms with van der Waals surface area (Å²) in [6, 6.07) is 15.7. The largest absolute Gasteiger partial charge is 0.497 e. The molecule has 0 spiro atoms. The minimum atomic E-state index is -0.0123. The van der Waals surface area contributed by atoms with E-state index in [0.29, 0.717) is 44.0 Å². The van der Waals surface area contributed by atoms with Gasteiger partial charge in [0.05, 0.1) is 38.6 Å². The van der Waals surface area contributed by atoms with Crippen LogP contribution in [-0.2, 0) is 17.7 Å². The van der Waals surface area contributed by atoms with Crippen molar-refractivity contribution in [3.05, 3.63) is 71.5 Å². The predicted octanol–water partition coefficient (Wildman–Crippen LogP) is 4.06. The van der Waals surface area contributed by atoms with Gasteiger partial charge in [-0.3, -0.25) is 4.79 Å². The number of H-pyrrole nitrogens is 1. The zero-order valence-corrected chi connectivity index (χ0v) is 20.5. The molecule has 6 rings (SSSR count). The molecule has 0 radical (unpaired) electrons. The van der Waals surface area contributed by atoms with Crippen molar-refractivity contribution in [2.45, 2.75) is 25.9 Å². The van der Waals surface area contributed by atoms with E-state index in [1.54, 1.807) is 13.2 Å². The monoisotopic (exact) mass is 483 g/mol. The van der Waals surface area contributed by atoms with Crippen molar-refractivity contribution < 1.29 is 14.3 Å². The summed E-state index contributed by atoms with van der Waals surface area (Å²) in [7, 11) is 1.61. The highest BCUT2D eigenvalue weighted by molar-refractivity contribution is 5.95. The van der Waals surface area contributed by atoms with Crippen molar-refractivity contribution in [1.82, 2.24) is 19.9 Å². The van der Waals surface area contributed by atoms with Crippen LogP contribution in [0.1, 0.15) is 28.5 Å². The van der Waals surface area contributed by atoms with Gasteiger partial charge in [0.1, 0.15) is 11.6 Å². The Bertz CT molecular complexity index is 1430. The highest BCUT2D eigenvalue weighted by atomic mass is 16.5. The Morgan fingerprint density at radius 3 is 2.89 bits per heavy atom. The molecule has 1 saturated heterocycles. The molecule has 4 heterocycles. The maximum Gasteiger partial charge on any atom is 0.254 e. The summed E-state index contributed by atoms with van der Waals surface area (Å²) >= 11 is 0. The highest BCUT2D eigenvalue weighted by Gasteiger charge is 2.31. The molecule has 0 saturated carbocycles. The fraction of sp³-hybridized carbons (Fsp3) is 0.321.